The largest absolute Gasteiger partial charge is 0.395 e. The lowest BCUT2D eigenvalue weighted by Gasteiger charge is -2.24. The molecule has 0 aromatic carbocycles. The third-order valence-electron chi connectivity index (χ3n) is 3.22. The van der Waals surface area contributed by atoms with Crippen molar-refractivity contribution in [2.24, 2.45) is 0 Å². The number of ether oxygens (including phenoxy) is 1. The maximum Gasteiger partial charge on any atom is 0.134 e. The van der Waals surface area contributed by atoms with E-state index >= 15 is 0 Å². The van der Waals surface area contributed by atoms with Crippen molar-refractivity contribution in [3.63, 3.8) is 0 Å². The molecule has 0 aliphatic carbocycles. The number of likely N-dealkylation sites (N-methyl/N-ethyl adjacent to an activating group) is 1. The van der Waals surface area contributed by atoms with E-state index in [1.54, 1.807) is 0 Å². The lowest BCUT2D eigenvalue weighted by atomic mass is 10.1. The van der Waals surface area contributed by atoms with Crippen molar-refractivity contribution in [3.05, 3.63) is 11.9 Å². The van der Waals surface area contributed by atoms with Crippen LogP contribution in [0.5, 0.6) is 0 Å². The molecule has 0 unspecified atom stereocenters. The van der Waals surface area contributed by atoms with E-state index in [0.29, 0.717) is 12.6 Å². The molecule has 2 heterocycles. The Bertz CT molecular complexity index is 408. The second-order valence-corrected chi connectivity index (χ2v) is 4.83. The number of nitrogens with zero attached hydrogens (tertiary/aromatic N) is 3. The standard InChI is InChI=1S/C13H22N4O2/c1-10-14-12(16-11-3-7-19-8-4-11)9-13(15-10)17(2)5-6-18/h9,11,18H,3-8H2,1-2H3,(H,14,15,16). The Labute approximate surface area is 113 Å². The third kappa shape index (κ3) is 4.04. The first-order valence-electron chi connectivity index (χ1n) is 6.71. The van der Waals surface area contributed by atoms with Gasteiger partial charge in [-0.1, -0.05) is 0 Å². The smallest absolute Gasteiger partial charge is 0.134 e. The number of aliphatic hydroxyl groups excluding tert-OH is 1. The van der Waals surface area contributed by atoms with Gasteiger partial charge in [0, 0.05) is 38.9 Å². The Kier molecular flexibility index (Phi) is 4.93. The molecule has 1 aromatic rings. The highest BCUT2D eigenvalue weighted by Gasteiger charge is 2.15. The Morgan fingerprint density at radius 3 is 2.84 bits per heavy atom. The average Bonchev–Trinajstić information content (AvgIpc) is 2.39. The molecule has 0 saturated carbocycles. The zero-order valence-corrected chi connectivity index (χ0v) is 11.6. The van der Waals surface area contributed by atoms with Crippen LogP contribution in [-0.4, -0.2) is 54.5 Å². The molecule has 1 aliphatic rings. The summed E-state index contributed by atoms with van der Waals surface area (Å²) in [5, 5.41) is 12.4. The van der Waals surface area contributed by atoms with Crippen molar-refractivity contribution in [1.82, 2.24) is 9.97 Å². The third-order valence-corrected chi connectivity index (χ3v) is 3.22. The molecule has 1 fully saturated rings. The lowest BCUT2D eigenvalue weighted by molar-refractivity contribution is 0.0904. The minimum Gasteiger partial charge on any atom is -0.395 e. The monoisotopic (exact) mass is 266 g/mol. The molecule has 0 atom stereocenters. The van der Waals surface area contributed by atoms with Crippen LogP contribution in [0.15, 0.2) is 6.07 Å². The zero-order valence-electron chi connectivity index (χ0n) is 11.6. The van der Waals surface area contributed by atoms with Crippen LogP contribution < -0.4 is 10.2 Å². The number of aromatic nitrogens is 2. The van der Waals surface area contributed by atoms with Crippen LogP contribution in [0.4, 0.5) is 11.6 Å². The fourth-order valence-corrected chi connectivity index (χ4v) is 2.14. The quantitative estimate of drug-likeness (QED) is 0.821. The van der Waals surface area contributed by atoms with Gasteiger partial charge in [0.2, 0.25) is 0 Å². The number of aliphatic hydroxyl groups is 1. The van der Waals surface area contributed by atoms with Crippen LogP contribution in [0.1, 0.15) is 18.7 Å². The van der Waals surface area contributed by atoms with E-state index in [0.717, 1.165) is 43.5 Å². The number of hydrogen-bond acceptors (Lipinski definition) is 6. The number of rotatable bonds is 5. The van der Waals surface area contributed by atoms with Gasteiger partial charge in [0.25, 0.3) is 0 Å². The van der Waals surface area contributed by atoms with Crippen LogP contribution in [0, 0.1) is 6.92 Å². The van der Waals surface area contributed by atoms with Crippen molar-refractivity contribution in [1.29, 1.82) is 0 Å². The summed E-state index contributed by atoms with van der Waals surface area (Å²) in [5.74, 6) is 2.41. The minimum absolute atomic E-state index is 0.113. The summed E-state index contributed by atoms with van der Waals surface area (Å²) in [7, 11) is 1.91. The van der Waals surface area contributed by atoms with Crippen LogP contribution >= 0.6 is 0 Å². The Hall–Kier alpha value is -1.40. The highest BCUT2D eigenvalue weighted by molar-refractivity contribution is 5.49. The molecule has 0 spiro atoms. The number of hydrogen-bond donors (Lipinski definition) is 2. The van der Waals surface area contributed by atoms with Gasteiger partial charge >= 0.3 is 0 Å². The van der Waals surface area contributed by atoms with Crippen LogP contribution in [0.25, 0.3) is 0 Å². The molecule has 106 valence electrons. The number of nitrogens with one attached hydrogen (secondary N) is 1. The Morgan fingerprint density at radius 1 is 1.42 bits per heavy atom. The fourth-order valence-electron chi connectivity index (χ4n) is 2.14. The van der Waals surface area contributed by atoms with E-state index < -0.39 is 0 Å². The van der Waals surface area contributed by atoms with Gasteiger partial charge in [-0.25, -0.2) is 9.97 Å². The maximum absolute atomic E-state index is 8.98. The molecular weight excluding hydrogens is 244 g/mol. The van der Waals surface area contributed by atoms with Crippen molar-refractivity contribution < 1.29 is 9.84 Å². The van der Waals surface area contributed by atoms with Gasteiger partial charge < -0.3 is 20.1 Å². The molecule has 0 bridgehead atoms. The van der Waals surface area contributed by atoms with Crippen LogP contribution in [-0.2, 0) is 4.74 Å². The predicted molar refractivity (Wildman–Crippen MR) is 74.6 cm³/mol. The van der Waals surface area contributed by atoms with Crippen molar-refractivity contribution in [3.8, 4) is 0 Å². The van der Waals surface area contributed by atoms with E-state index in [9.17, 15) is 0 Å². The second-order valence-electron chi connectivity index (χ2n) is 4.83. The van der Waals surface area contributed by atoms with Gasteiger partial charge in [0.1, 0.15) is 17.5 Å². The summed E-state index contributed by atoms with van der Waals surface area (Å²) in [5.41, 5.74) is 0. The maximum atomic E-state index is 8.98. The summed E-state index contributed by atoms with van der Waals surface area (Å²) in [6.45, 7) is 4.17. The summed E-state index contributed by atoms with van der Waals surface area (Å²) >= 11 is 0. The van der Waals surface area contributed by atoms with Crippen molar-refractivity contribution in [2.75, 3.05) is 43.6 Å². The summed E-state index contributed by atoms with van der Waals surface area (Å²) in [6, 6.07) is 2.34. The zero-order chi connectivity index (χ0) is 13.7. The Balaban J connectivity index is 2.07. The highest BCUT2D eigenvalue weighted by atomic mass is 16.5. The lowest BCUT2D eigenvalue weighted by Crippen LogP contribution is -2.29. The van der Waals surface area contributed by atoms with Crippen LogP contribution in [0.3, 0.4) is 0 Å². The molecule has 0 radical (unpaired) electrons. The molecule has 19 heavy (non-hydrogen) atoms. The van der Waals surface area contributed by atoms with Gasteiger partial charge in [0.05, 0.1) is 6.61 Å². The first-order valence-corrected chi connectivity index (χ1v) is 6.71. The molecule has 1 saturated heterocycles. The predicted octanol–water partition coefficient (Wildman–Crippen LogP) is 0.804. The first kappa shape index (κ1) is 14.0. The molecule has 0 amide bonds. The SMILES string of the molecule is Cc1nc(NC2CCOCC2)cc(N(C)CCO)n1. The van der Waals surface area contributed by atoms with Gasteiger partial charge in [-0.05, 0) is 19.8 Å². The fraction of sp³-hybridized carbons (Fsp3) is 0.692. The van der Waals surface area contributed by atoms with Gasteiger partial charge in [0.15, 0.2) is 0 Å². The van der Waals surface area contributed by atoms with E-state index in [2.05, 4.69) is 15.3 Å². The number of anilines is 2. The van der Waals surface area contributed by atoms with E-state index in [-0.39, 0.29) is 6.61 Å². The number of aryl methyl sites for hydroxylation is 1. The molecular formula is C13H22N4O2. The highest BCUT2D eigenvalue weighted by Crippen LogP contribution is 2.18. The summed E-state index contributed by atoms with van der Waals surface area (Å²) in [6.07, 6.45) is 2.01. The summed E-state index contributed by atoms with van der Waals surface area (Å²) < 4.78 is 5.35. The molecule has 6 nitrogen and oxygen atoms in total. The van der Waals surface area contributed by atoms with Gasteiger partial charge in [-0.2, -0.15) is 0 Å². The molecule has 6 heteroatoms. The molecule has 1 aromatic heterocycles. The van der Waals surface area contributed by atoms with E-state index in [1.807, 2.05) is 24.9 Å². The van der Waals surface area contributed by atoms with Crippen molar-refractivity contribution in [2.45, 2.75) is 25.8 Å². The topological polar surface area (TPSA) is 70.5 Å². The first-order chi connectivity index (χ1) is 9.19. The van der Waals surface area contributed by atoms with E-state index in [4.69, 9.17) is 9.84 Å². The Morgan fingerprint density at radius 2 is 2.16 bits per heavy atom. The van der Waals surface area contributed by atoms with Gasteiger partial charge in [-0.3, -0.25) is 0 Å². The molecule has 2 N–H and O–H groups in total. The van der Waals surface area contributed by atoms with Crippen molar-refractivity contribution >= 4 is 11.6 Å². The normalized spacial score (nSPS) is 16.4. The van der Waals surface area contributed by atoms with Crippen LogP contribution in [0.2, 0.25) is 0 Å². The minimum atomic E-state index is 0.113. The molecule has 1 aliphatic heterocycles. The van der Waals surface area contributed by atoms with Gasteiger partial charge in [-0.15, -0.1) is 0 Å². The van der Waals surface area contributed by atoms with E-state index in [1.165, 1.54) is 0 Å². The molecule has 2 rings (SSSR count). The summed E-state index contributed by atoms with van der Waals surface area (Å²) in [4.78, 5) is 10.7. The average molecular weight is 266 g/mol. The second kappa shape index (κ2) is 6.68.